The maximum Gasteiger partial charge on any atom is 0.342 e. The summed E-state index contributed by atoms with van der Waals surface area (Å²) < 4.78 is 5.12. The number of carbonyl (C=O) groups is 3. The number of aliphatic carboxylic acids is 1. The zero-order valence-electron chi connectivity index (χ0n) is 26.0. The molecule has 6 rings (SSSR count). The van der Waals surface area contributed by atoms with Crippen LogP contribution in [0.1, 0.15) is 87.6 Å². The number of ketones is 1. The summed E-state index contributed by atoms with van der Waals surface area (Å²) in [6.07, 6.45) is 7.64. The van der Waals surface area contributed by atoms with Crippen LogP contribution in [0.25, 0.3) is 23.8 Å². The quantitative estimate of drug-likeness (QED) is 0.252. The number of fused-ring (bicyclic) bond motifs is 7. The van der Waals surface area contributed by atoms with Crippen molar-refractivity contribution in [3.05, 3.63) is 79.0 Å². The second kappa shape index (κ2) is 10.8. The van der Waals surface area contributed by atoms with Crippen molar-refractivity contribution >= 4 is 47.2 Å². The van der Waals surface area contributed by atoms with Crippen LogP contribution in [-0.2, 0) is 27.2 Å². The summed E-state index contributed by atoms with van der Waals surface area (Å²) in [6.45, 7) is 14.3. The largest absolute Gasteiger partial charge is 0.481 e. The number of nitrogens with zero attached hydrogens (tertiary/aromatic N) is 1. The molecule has 2 aliphatic heterocycles. The molecule has 3 aliphatic rings. The molecule has 44 heavy (non-hydrogen) atoms. The topological polar surface area (TPSA) is 140 Å². The standard InChI is InChI=1S/C35H38N4O5/c1-8-19-15(3)22-12-24-17(5)21(10-11-28(40)41)32(38-24)30-31(35(43)44-7)34(42)29-18(6)25(39-33(29)30)14-27-20(9-2)16(4)23(37-27)13-26(19)36-22/h8,12-13,17,21,32,36-37,39H,1,9-11,14H2,2-7H3,(H,40,41). The fourth-order valence-corrected chi connectivity index (χ4v) is 7.43. The van der Waals surface area contributed by atoms with Crippen molar-refractivity contribution in [3.8, 4) is 0 Å². The summed E-state index contributed by atoms with van der Waals surface area (Å²) in [7, 11) is 1.27. The molecule has 9 nitrogen and oxygen atoms in total. The van der Waals surface area contributed by atoms with Gasteiger partial charge in [-0.1, -0.05) is 26.5 Å². The van der Waals surface area contributed by atoms with Crippen LogP contribution in [0.5, 0.6) is 0 Å². The number of methoxy groups -OCH3 is 1. The summed E-state index contributed by atoms with van der Waals surface area (Å²) in [5.74, 6) is -2.39. The van der Waals surface area contributed by atoms with Gasteiger partial charge in [0, 0.05) is 63.4 Å². The number of aromatic amines is 3. The number of hydrogen-bond acceptors (Lipinski definition) is 5. The number of ether oxygens (including phenoxy) is 1. The maximum atomic E-state index is 14.0. The number of H-pyrrole nitrogens is 3. The van der Waals surface area contributed by atoms with Crippen LogP contribution >= 0.6 is 0 Å². The monoisotopic (exact) mass is 594 g/mol. The lowest BCUT2D eigenvalue weighted by Gasteiger charge is -2.23. The van der Waals surface area contributed by atoms with E-state index in [0.717, 1.165) is 56.6 Å². The lowest BCUT2D eigenvalue weighted by Crippen LogP contribution is -2.25. The van der Waals surface area contributed by atoms with Crippen molar-refractivity contribution in [2.75, 3.05) is 7.11 Å². The molecule has 0 amide bonds. The van der Waals surface area contributed by atoms with Crippen molar-refractivity contribution in [2.45, 2.75) is 66.3 Å². The SMILES string of the molecule is C=Cc1c(C)c2[nH]c1=Cc1[nH]c(c(CC)c1C)Cc1[nH]c3c(c1C)C(=O)C(C(=O)OC)=C3C1N=C(C=2)C(C)C1CCC(=O)O. The number of nitrogens with one attached hydrogen (secondary N) is 3. The van der Waals surface area contributed by atoms with Crippen LogP contribution in [0.4, 0.5) is 0 Å². The smallest absolute Gasteiger partial charge is 0.342 e. The Morgan fingerprint density at radius 1 is 1.09 bits per heavy atom. The highest BCUT2D eigenvalue weighted by Crippen LogP contribution is 2.46. The number of hydrogen-bond donors (Lipinski definition) is 4. The highest BCUT2D eigenvalue weighted by atomic mass is 16.5. The van der Waals surface area contributed by atoms with Gasteiger partial charge in [0.2, 0.25) is 5.78 Å². The van der Waals surface area contributed by atoms with Gasteiger partial charge in [-0.05, 0) is 73.9 Å². The Morgan fingerprint density at radius 2 is 1.84 bits per heavy atom. The number of carboxylic acids is 1. The Morgan fingerprint density at radius 3 is 2.50 bits per heavy atom. The fourth-order valence-electron chi connectivity index (χ4n) is 7.43. The Balaban J connectivity index is 1.70. The summed E-state index contributed by atoms with van der Waals surface area (Å²) >= 11 is 0. The molecule has 0 spiro atoms. The van der Waals surface area contributed by atoms with Crippen molar-refractivity contribution in [3.63, 3.8) is 0 Å². The molecule has 0 fully saturated rings. The van der Waals surface area contributed by atoms with Gasteiger partial charge >= 0.3 is 11.9 Å². The van der Waals surface area contributed by atoms with Gasteiger partial charge in [-0.25, -0.2) is 4.79 Å². The molecule has 3 unspecified atom stereocenters. The number of aromatic nitrogens is 3. The molecule has 0 aromatic carbocycles. The number of aliphatic imine (C=N–C) groups is 1. The van der Waals surface area contributed by atoms with E-state index < -0.39 is 18.0 Å². The van der Waals surface area contributed by atoms with E-state index in [9.17, 15) is 19.5 Å². The molecule has 3 aromatic rings. The normalized spacial score (nSPS) is 20.4. The Labute approximate surface area is 255 Å². The first-order valence-corrected chi connectivity index (χ1v) is 15.1. The first kappa shape index (κ1) is 29.4. The third-order valence-electron chi connectivity index (χ3n) is 9.89. The zero-order chi connectivity index (χ0) is 31.6. The summed E-state index contributed by atoms with van der Waals surface area (Å²) in [4.78, 5) is 54.8. The molecule has 5 heterocycles. The predicted octanol–water partition coefficient (Wildman–Crippen LogP) is 4.08. The van der Waals surface area contributed by atoms with Gasteiger partial charge in [0.05, 0.1) is 24.4 Å². The highest BCUT2D eigenvalue weighted by molar-refractivity contribution is 6.34. The van der Waals surface area contributed by atoms with Gasteiger partial charge in [-0.3, -0.25) is 14.6 Å². The Bertz CT molecular complexity index is 1960. The zero-order valence-corrected chi connectivity index (χ0v) is 26.0. The lowest BCUT2D eigenvalue weighted by atomic mass is 9.80. The number of carbonyl (C=O) groups excluding carboxylic acids is 2. The molecule has 4 N–H and O–H groups in total. The van der Waals surface area contributed by atoms with E-state index in [2.05, 4.69) is 41.5 Å². The fraction of sp³-hybridized carbons (Fsp3) is 0.371. The van der Waals surface area contributed by atoms with Crippen molar-refractivity contribution in [1.82, 2.24) is 15.0 Å². The van der Waals surface area contributed by atoms with E-state index in [-0.39, 0.29) is 29.6 Å². The van der Waals surface area contributed by atoms with Crippen LogP contribution in [-0.4, -0.2) is 56.6 Å². The average molecular weight is 595 g/mol. The van der Waals surface area contributed by atoms with Crippen molar-refractivity contribution in [1.29, 1.82) is 0 Å². The summed E-state index contributed by atoms with van der Waals surface area (Å²) in [5, 5.41) is 11.4. The minimum Gasteiger partial charge on any atom is -0.481 e. The Hall–Kier alpha value is -4.66. The minimum atomic E-state index is -0.904. The molecule has 3 aromatic heterocycles. The predicted molar refractivity (Wildman–Crippen MR) is 170 cm³/mol. The molecule has 1 aliphatic carbocycles. The van der Waals surface area contributed by atoms with Gasteiger partial charge in [0.15, 0.2) is 0 Å². The van der Waals surface area contributed by atoms with E-state index >= 15 is 0 Å². The van der Waals surface area contributed by atoms with E-state index in [4.69, 9.17) is 9.73 Å². The number of carboxylic acid groups (broad SMARTS) is 1. The lowest BCUT2D eigenvalue weighted by molar-refractivity contribution is -0.137. The highest BCUT2D eigenvalue weighted by Gasteiger charge is 2.47. The molecule has 3 atom stereocenters. The summed E-state index contributed by atoms with van der Waals surface area (Å²) in [6, 6.07) is -0.612. The number of esters is 1. The van der Waals surface area contributed by atoms with Gasteiger partial charge in [0.1, 0.15) is 5.57 Å². The molecule has 0 saturated carbocycles. The summed E-state index contributed by atoms with van der Waals surface area (Å²) in [5.41, 5.74) is 10.4. The molecule has 228 valence electrons. The van der Waals surface area contributed by atoms with E-state index in [1.807, 2.05) is 32.9 Å². The van der Waals surface area contributed by atoms with Crippen LogP contribution in [0, 0.1) is 32.6 Å². The van der Waals surface area contributed by atoms with Crippen LogP contribution in [0.2, 0.25) is 0 Å². The molecule has 0 radical (unpaired) electrons. The maximum absolute atomic E-state index is 14.0. The van der Waals surface area contributed by atoms with Gasteiger partial charge < -0.3 is 24.8 Å². The minimum absolute atomic E-state index is 0.0267. The van der Waals surface area contributed by atoms with Crippen LogP contribution in [0.15, 0.2) is 17.1 Å². The van der Waals surface area contributed by atoms with E-state index in [1.165, 1.54) is 18.2 Å². The van der Waals surface area contributed by atoms with Gasteiger partial charge in [-0.15, -0.1) is 0 Å². The van der Waals surface area contributed by atoms with Crippen LogP contribution in [0.3, 0.4) is 0 Å². The van der Waals surface area contributed by atoms with Crippen molar-refractivity contribution in [2.24, 2.45) is 16.8 Å². The molecule has 8 bridgehead atoms. The van der Waals surface area contributed by atoms with Crippen LogP contribution < -0.4 is 10.7 Å². The van der Waals surface area contributed by atoms with Gasteiger partial charge in [-0.2, -0.15) is 0 Å². The first-order valence-electron chi connectivity index (χ1n) is 15.1. The molecular formula is C35H38N4O5. The third kappa shape index (κ3) is 4.36. The third-order valence-corrected chi connectivity index (χ3v) is 9.89. The van der Waals surface area contributed by atoms with Gasteiger partial charge in [0.25, 0.3) is 0 Å². The van der Waals surface area contributed by atoms with E-state index in [0.29, 0.717) is 29.7 Å². The molecule has 0 saturated heterocycles. The first-order chi connectivity index (χ1) is 21.0. The van der Waals surface area contributed by atoms with Crippen molar-refractivity contribution < 1.29 is 24.2 Å². The molecular weight excluding hydrogens is 556 g/mol. The average Bonchev–Trinajstić information content (AvgIpc) is 3.72. The second-order valence-corrected chi connectivity index (χ2v) is 12.1. The number of Topliss-reactive ketones (excluding diaryl/α,β-unsaturated/α-hetero) is 1. The van der Waals surface area contributed by atoms with E-state index in [1.54, 1.807) is 0 Å². The number of rotatable bonds is 6. The molecule has 9 heteroatoms. The second-order valence-electron chi connectivity index (χ2n) is 12.1. The Kier molecular flexibility index (Phi) is 7.22.